The molecule has 4 rings (SSSR count). The molecule has 3 atom stereocenters. The van der Waals surface area contributed by atoms with Gasteiger partial charge in [-0.15, -0.1) is 0 Å². The lowest BCUT2D eigenvalue weighted by molar-refractivity contribution is -0.144. The minimum Gasteiger partial charge on any atom is -0.511 e. The Labute approximate surface area is 204 Å². The third kappa shape index (κ3) is 3.73. The molecule has 11 nitrogen and oxygen atoms in total. The fourth-order valence-electron chi connectivity index (χ4n) is 5.37. The summed E-state index contributed by atoms with van der Waals surface area (Å²) in [6, 6.07) is 1.02. The van der Waals surface area contributed by atoms with Crippen molar-refractivity contribution >= 4 is 23.4 Å². The van der Waals surface area contributed by atoms with Crippen LogP contribution >= 0.6 is 0 Å². The number of rotatable bonds is 5. The highest BCUT2D eigenvalue weighted by molar-refractivity contribution is 6.24. The molecule has 0 fully saturated rings. The zero-order valence-electron chi connectivity index (χ0n) is 19.6. The average molecular weight is 503 g/mol. The monoisotopic (exact) mass is 503 g/mol. The number of allylic oxidation sites excluding steroid dienone is 2. The molecule has 36 heavy (non-hydrogen) atoms. The first-order chi connectivity index (χ1) is 16.8. The number of aliphatic hydroxyl groups excluding tert-OH is 2. The summed E-state index contributed by atoms with van der Waals surface area (Å²) < 4.78 is 15.1. The fourth-order valence-corrected chi connectivity index (χ4v) is 5.37. The van der Waals surface area contributed by atoms with E-state index in [1.165, 1.54) is 0 Å². The van der Waals surface area contributed by atoms with Gasteiger partial charge in [0, 0.05) is 35.6 Å². The number of nitrogens with two attached hydrogens (primary N) is 1. The second-order valence-electron chi connectivity index (χ2n) is 9.64. The fraction of sp³-hybridized carbons (Fsp3) is 0.417. The van der Waals surface area contributed by atoms with Gasteiger partial charge >= 0.3 is 0 Å². The van der Waals surface area contributed by atoms with E-state index < -0.39 is 75.0 Å². The molecular weight excluding hydrogens is 477 g/mol. The number of likely N-dealkylation sites (N-methyl/N-ethyl adjacent to an activating group) is 1. The summed E-state index contributed by atoms with van der Waals surface area (Å²) in [5.41, 5.74) is 0.599. The number of hydrogen-bond donors (Lipinski definition) is 6. The van der Waals surface area contributed by atoms with Gasteiger partial charge in [-0.25, -0.2) is 4.39 Å². The number of nitrogens with one attached hydrogen (secondary N) is 1. The number of primary amides is 1. The topological polar surface area (TPSA) is 190 Å². The molecule has 12 heteroatoms. The SMILES string of the molecule is CN(C)CC(=O)NCc1cc(F)c2c(c1O)C(=O)C1=C(O)[C@]3(O)C(=O)C(C(N)=O)=C(O)C[C@@H]3CC1C2. The lowest BCUT2D eigenvalue weighted by atomic mass is 9.60. The lowest BCUT2D eigenvalue weighted by Gasteiger charge is -2.45. The molecule has 192 valence electrons. The molecule has 1 aromatic rings. The summed E-state index contributed by atoms with van der Waals surface area (Å²) >= 11 is 0. The second-order valence-corrected chi connectivity index (χ2v) is 9.64. The van der Waals surface area contributed by atoms with Crippen molar-refractivity contribution in [3.63, 3.8) is 0 Å². The number of phenols is 1. The number of hydrogen-bond acceptors (Lipinski definition) is 9. The van der Waals surface area contributed by atoms with Crippen LogP contribution in [0.2, 0.25) is 0 Å². The molecule has 0 radical (unpaired) electrons. The molecule has 0 aliphatic heterocycles. The van der Waals surface area contributed by atoms with Crippen LogP contribution in [-0.4, -0.2) is 74.9 Å². The van der Waals surface area contributed by atoms with Gasteiger partial charge in [0.05, 0.1) is 12.1 Å². The minimum absolute atomic E-state index is 0.0423. The number of aromatic hydroxyl groups is 1. The normalized spacial score (nSPS) is 25.5. The van der Waals surface area contributed by atoms with Crippen LogP contribution in [0.25, 0.3) is 0 Å². The number of nitrogens with zero attached hydrogens (tertiary/aromatic N) is 1. The van der Waals surface area contributed by atoms with Crippen molar-refractivity contribution in [1.82, 2.24) is 10.2 Å². The first-order valence-electron chi connectivity index (χ1n) is 11.2. The Morgan fingerprint density at radius 2 is 1.89 bits per heavy atom. The predicted octanol–water partition coefficient (Wildman–Crippen LogP) is -0.103. The predicted molar refractivity (Wildman–Crippen MR) is 121 cm³/mol. The molecule has 3 aliphatic carbocycles. The van der Waals surface area contributed by atoms with Crippen LogP contribution in [-0.2, 0) is 27.3 Å². The number of benzene rings is 1. The molecule has 0 heterocycles. The Hall–Kier alpha value is -3.77. The van der Waals surface area contributed by atoms with E-state index in [-0.39, 0.29) is 49.1 Å². The van der Waals surface area contributed by atoms with Crippen LogP contribution < -0.4 is 11.1 Å². The first kappa shape index (κ1) is 25.3. The molecule has 0 bridgehead atoms. The second kappa shape index (κ2) is 8.71. The molecule has 0 spiro atoms. The minimum atomic E-state index is -2.69. The van der Waals surface area contributed by atoms with Crippen molar-refractivity contribution in [3.05, 3.63) is 51.2 Å². The number of fused-ring (bicyclic) bond motifs is 3. The Bertz CT molecular complexity index is 1280. The maximum Gasteiger partial charge on any atom is 0.255 e. The molecule has 0 saturated carbocycles. The third-order valence-electron chi connectivity index (χ3n) is 7.02. The van der Waals surface area contributed by atoms with E-state index in [0.29, 0.717) is 0 Å². The van der Waals surface area contributed by atoms with Gasteiger partial charge in [0.1, 0.15) is 28.7 Å². The summed E-state index contributed by atoms with van der Waals surface area (Å²) in [5, 5.41) is 45.7. The maximum absolute atomic E-state index is 15.1. The van der Waals surface area contributed by atoms with Crippen molar-refractivity contribution in [2.24, 2.45) is 17.6 Å². The van der Waals surface area contributed by atoms with Gasteiger partial charge in [0.2, 0.25) is 11.7 Å². The van der Waals surface area contributed by atoms with Crippen LogP contribution in [0.4, 0.5) is 4.39 Å². The van der Waals surface area contributed by atoms with E-state index >= 15 is 4.39 Å². The largest absolute Gasteiger partial charge is 0.511 e. The van der Waals surface area contributed by atoms with Gasteiger partial charge in [0.25, 0.3) is 5.91 Å². The van der Waals surface area contributed by atoms with Crippen molar-refractivity contribution in [1.29, 1.82) is 0 Å². The molecule has 3 aliphatic rings. The summed E-state index contributed by atoms with van der Waals surface area (Å²) in [4.78, 5) is 51.7. The maximum atomic E-state index is 15.1. The van der Waals surface area contributed by atoms with Crippen molar-refractivity contribution in [3.8, 4) is 5.75 Å². The van der Waals surface area contributed by atoms with E-state index in [9.17, 15) is 39.6 Å². The summed E-state index contributed by atoms with van der Waals surface area (Å²) in [6.45, 7) is -0.235. The van der Waals surface area contributed by atoms with E-state index in [4.69, 9.17) is 5.73 Å². The highest BCUT2D eigenvalue weighted by atomic mass is 19.1. The number of phenolic OH excluding ortho intramolecular Hbond substituents is 1. The highest BCUT2D eigenvalue weighted by Crippen LogP contribution is 2.51. The molecule has 1 aromatic carbocycles. The highest BCUT2D eigenvalue weighted by Gasteiger charge is 2.59. The molecule has 2 amide bonds. The van der Waals surface area contributed by atoms with Gasteiger partial charge in [-0.1, -0.05) is 0 Å². The van der Waals surface area contributed by atoms with E-state index in [0.717, 1.165) is 6.07 Å². The number of aliphatic hydroxyl groups is 3. The number of Topliss-reactive ketones (excluding diaryl/α,β-unsaturated/α-hetero) is 2. The number of halogens is 1. The van der Waals surface area contributed by atoms with Crippen molar-refractivity contribution < 1.29 is 44.0 Å². The molecule has 7 N–H and O–H groups in total. The smallest absolute Gasteiger partial charge is 0.255 e. The van der Waals surface area contributed by atoms with Gasteiger partial charge < -0.3 is 36.4 Å². The summed E-state index contributed by atoms with van der Waals surface area (Å²) in [5.74, 6) is -9.00. The summed E-state index contributed by atoms with van der Waals surface area (Å²) in [6.07, 6.45) is -0.596. The number of amides is 2. The zero-order chi connectivity index (χ0) is 26.7. The molecule has 0 aromatic heterocycles. The number of ketones is 2. The average Bonchev–Trinajstić information content (AvgIpc) is 2.76. The van der Waals surface area contributed by atoms with Crippen LogP contribution in [0, 0.1) is 17.7 Å². The Morgan fingerprint density at radius 3 is 2.50 bits per heavy atom. The Morgan fingerprint density at radius 1 is 1.22 bits per heavy atom. The van der Waals surface area contributed by atoms with Crippen LogP contribution in [0.3, 0.4) is 0 Å². The van der Waals surface area contributed by atoms with E-state index in [1.54, 1.807) is 19.0 Å². The Balaban J connectivity index is 1.77. The van der Waals surface area contributed by atoms with Crippen molar-refractivity contribution in [2.45, 2.75) is 31.4 Å². The molecular formula is C24H26FN3O8. The van der Waals surface area contributed by atoms with Gasteiger partial charge in [-0.2, -0.15) is 0 Å². The van der Waals surface area contributed by atoms with Gasteiger partial charge in [-0.05, 0) is 38.9 Å². The van der Waals surface area contributed by atoms with Gasteiger partial charge in [-0.3, -0.25) is 19.2 Å². The zero-order valence-corrected chi connectivity index (χ0v) is 19.6. The lowest BCUT2D eigenvalue weighted by Crippen LogP contribution is -2.57. The van der Waals surface area contributed by atoms with Gasteiger partial charge in [0.15, 0.2) is 11.4 Å². The van der Waals surface area contributed by atoms with E-state index in [1.807, 2.05) is 0 Å². The standard InChI is InChI=1S/C24H26FN3O8/c1-28(2)8-15(30)27-7-10-5-13(25)12-4-9-3-11-6-14(29)18(23(26)35)22(34)24(11,36)21(33)16(9)20(32)17(12)19(10)31/h5,9,11,29,31,33,36H,3-4,6-8H2,1-2H3,(H2,26,35)(H,27,30)/t9?,11-,24-/m0/s1. The Kier molecular flexibility index (Phi) is 6.13. The van der Waals surface area contributed by atoms with Crippen LogP contribution in [0.5, 0.6) is 5.75 Å². The number of carbonyl (C=O) groups is 4. The quantitative estimate of drug-likeness (QED) is 0.298. The molecule has 1 unspecified atom stereocenters. The number of carbonyl (C=O) groups excluding carboxylic acids is 4. The van der Waals surface area contributed by atoms with Crippen LogP contribution in [0.1, 0.15) is 34.3 Å². The van der Waals surface area contributed by atoms with E-state index in [2.05, 4.69) is 5.32 Å². The summed E-state index contributed by atoms with van der Waals surface area (Å²) in [7, 11) is 3.35. The molecule has 0 saturated heterocycles. The van der Waals surface area contributed by atoms with Crippen LogP contribution in [0.15, 0.2) is 28.7 Å². The van der Waals surface area contributed by atoms with Crippen molar-refractivity contribution in [2.75, 3.05) is 20.6 Å². The third-order valence-corrected chi connectivity index (χ3v) is 7.02. The first-order valence-corrected chi connectivity index (χ1v) is 11.2.